The Bertz CT molecular complexity index is 892. The van der Waals surface area contributed by atoms with Gasteiger partial charge in [0.1, 0.15) is 29.0 Å². The Morgan fingerprint density at radius 3 is 2.61 bits per heavy atom. The molecular formula is C19H22N4O5. The van der Waals surface area contributed by atoms with Gasteiger partial charge < -0.3 is 19.8 Å². The Morgan fingerprint density at radius 1 is 1.32 bits per heavy atom. The van der Waals surface area contributed by atoms with Crippen LogP contribution in [0.5, 0.6) is 0 Å². The van der Waals surface area contributed by atoms with Crippen LogP contribution in [0.15, 0.2) is 28.9 Å². The summed E-state index contributed by atoms with van der Waals surface area (Å²) in [5.41, 5.74) is -0.0147. The lowest BCUT2D eigenvalue weighted by atomic mass is 10.1. The van der Waals surface area contributed by atoms with Crippen LogP contribution < -0.4 is 10.6 Å². The molecule has 2 amide bonds. The fourth-order valence-corrected chi connectivity index (χ4v) is 2.48. The summed E-state index contributed by atoms with van der Waals surface area (Å²) in [4.78, 5) is 36.1. The molecule has 0 radical (unpaired) electrons. The number of furan rings is 1. The zero-order valence-electron chi connectivity index (χ0n) is 15.9. The van der Waals surface area contributed by atoms with Crippen LogP contribution in [0.2, 0.25) is 0 Å². The van der Waals surface area contributed by atoms with Gasteiger partial charge in [0.05, 0.1) is 0 Å². The van der Waals surface area contributed by atoms with Crippen LogP contribution >= 0.6 is 0 Å². The third kappa shape index (κ3) is 4.79. The van der Waals surface area contributed by atoms with Crippen LogP contribution in [0.25, 0.3) is 5.88 Å². The lowest BCUT2D eigenvalue weighted by molar-refractivity contribution is -0.130. The molecule has 2 heterocycles. The molecule has 0 saturated carbocycles. The van der Waals surface area contributed by atoms with Gasteiger partial charge in [0.15, 0.2) is 6.61 Å². The van der Waals surface area contributed by atoms with Crippen molar-refractivity contribution in [2.24, 2.45) is 0 Å². The van der Waals surface area contributed by atoms with Crippen LogP contribution in [-0.4, -0.2) is 41.5 Å². The highest BCUT2D eigenvalue weighted by atomic mass is 16.5. The molecule has 9 heteroatoms. The highest BCUT2D eigenvalue weighted by molar-refractivity contribution is 5.96. The number of rotatable bonds is 8. The topological polar surface area (TPSA) is 126 Å². The first-order chi connectivity index (χ1) is 13.4. The van der Waals surface area contributed by atoms with Crippen LogP contribution in [0.4, 0.5) is 0 Å². The normalized spacial score (nSPS) is 11.4. The van der Waals surface area contributed by atoms with E-state index in [0.717, 1.165) is 6.42 Å². The number of aromatic nitrogens is 1. The van der Waals surface area contributed by atoms with E-state index in [1.807, 2.05) is 13.0 Å². The molecule has 0 aromatic carbocycles. The second kappa shape index (κ2) is 9.41. The first-order valence-electron chi connectivity index (χ1n) is 8.80. The van der Waals surface area contributed by atoms with E-state index in [0.29, 0.717) is 6.54 Å². The average molecular weight is 386 g/mol. The first kappa shape index (κ1) is 20.8. The summed E-state index contributed by atoms with van der Waals surface area (Å²) in [6.07, 6.45) is 4.12. The Hall–Kier alpha value is -3.54. The molecule has 0 aliphatic rings. The Labute approximate surface area is 162 Å². The fourth-order valence-electron chi connectivity index (χ4n) is 2.48. The van der Waals surface area contributed by atoms with Crippen molar-refractivity contribution in [3.05, 3.63) is 41.4 Å². The van der Waals surface area contributed by atoms with E-state index in [9.17, 15) is 19.6 Å². The molecule has 0 aliphatic heterocycles. The molecule has 2 N–H and O–H groups in total. The zero-order chi connectivity index (χ0) is 20.7. The highest BCUT2D eigenvalue weighted by Gasteiger charge is 2.26. The van der Waals surface area contributed by atoms with E-state index in [-0.39, 0.29) is 28.7 Å². The van der Waals surface area contributed by atoms with Gasteiger partial charge in [-0.05, 0) is 32.4 Å². The number of hydrogen-bond acceptors (Lipinski definition) is 6. The minimum atomic E-state index is -0.852. The standard InChI is InChI=1S/C19H22N4O5/c1-4-7-21-17(25)12(2)22-15(24)11-27-19(26)16-13(3)28-18(14(16)10-20)23-8-5-6-9-23/h5-6,8-9,12H,4,7,11H2,1-3H3,(H,21,25)(H,22,24)/t12-/m0/s1. The van der Waals surface area contributed by atoms with Crippen molar-refractivity contribution >= 4 is 17.8 Å². The van der Waals surface area contributed by atoms with Crippen molar-refractivity contribution in [3.8, 4) is 12.0 Å². The first-order valence-corrected chi connectivity index (χ1v) is 8.80. The number of aryl methyl sites for hydroxylation is 1. The summed E-state index contributed by atoms with van der Waals surface area (Å²) in [6.45, 7) is 4.90. The smallest absolute Gasteiger partial charge is 0.343 e. The molecule has 0 spiro atoms. The number of hydrogen-bond donors (Lipinski definition) is 2. The molecule has 0 aliphatic carbocycles. The molecule has 0 bridgehead atoms. The SMILES string of the molecule is CCCNC(=O)[C@H](C)NC(=O)COC(=O)c1c(C)oc(-n2cccc2)c1C#N. The van der Waals surface area contributed by atoms with E-state index in [4.69, 9.17) is 9.15 Å². The van der Waals surface area contributed by atoms with Gasteiger partial charge in [-0.1, -0.05) is 6.92 Å². The minimum absolute atomic E-state index is 0.0198. The number of nitriles is 1. The largest absolute Gasteiger partial charge is 0.452 e. The molecular weight excluding hydrogens is 364 g/mol. The molecule has 2 aromatic heterocycles. The summed E-state index contributed by atoms with van der Waals surface area (Å²) in [7, 11) is 0. The lowest BCUT2D eigenvalue weighted by Crippen LogP contribution is -2.46. The van der Waals surface area contributed by atoms with E-state index in [2.05, 4.69) is 10.6 Å². The number of amides is 2. The van der Waals surface area contributed by atoms with Gasteiger partial charge in [0.25, 0.3) is 5.91 Å². The number of nitrogens with zero attached hydrogens (tertiary/aromatic N) is 2. The quantitative estimate of drug-likeness (QED) is 0.661. The maximum absolute atomic E-state index is 12.4. The average Bonchev–Trinajstić information content (AvgIpc) is 3.31. The van der Waals surface area contributed by atoms with Crippen LogP contribution in [0.1, 0.15) is 41.9 Å². The van der Waals surface area contributed by atoms with Gasteiger partial charge in [-0.25, -0.2) is 4.79 Å². The second-order valence-electron chi connectivity index (χ2n) is 6.07. The maximum Gasteiger partial charge on any atom is 0.343 e. The van der Waals surface area contributed by atoms with Crippen molar-refractivity contribution in [2.45, 2.75) is 33.2 Å². The lowest BCUT2D eigenvalue weighted by Gasteiger charge is -2.13. The van der Waals surface area contributed by atoms with Crippen molar-refractivity contribution < 1.29 is 23.5 Å². The third-order valence-electron chi connectivity index (χ3n) is 3.87. The number of esters is 1. The van der Waals surface area contributed by atoms with Crippen LogP contribution in [-0.2, 0) is 14.3 Å². The molecule has 0 unspecified atom stereocenters. The van der Waals surface area contributed by atoms with Crippen molar-refractivity contribution in [2.75, 3.05) is 13.2 Å². The number of carbonyl (C=O) groups is 3. The van der Waals surface area contributed by atoms with Gasteiger partial charge in [0.2, 0.25) is 11.8 Å². The summed E-state index contributed by atoms with van der Waals surface area (Å²) in [5.74, 6) is -1.40. The minimum Gasteiger partial charge on any atom is -0.452 e. The summed E-state index contributed by atoms with van der Waals surface area (Å²) in [6, 6.07) is 4.68. The Kier molecular flexibility index (Phi) is 6.98. The van der Waals surface area contributed by atoms with E-state index in [1.165, 1.54) is 13.8 Å². The number of nitrogens with one attached hydrogen (secondary N) is 2. The number of ether oxygens (including phenoxy) is 1. The predicted molar refractivity (Wildman–Crippen MR) is 98.7 cm³/mol. The highest BCUT2D eigenvalue weighted by Crippen LogP contribution is 2.26. The van der Waals surface area contributed by atoms with E-state index in [1.54, 1.807) is 29.1 Å². The van der Waals surface area contributed by atoms with Crippen molar-refractivity contribution in [3.63, 3.8) is 0 Å². The van der Waals surface area contributed by atoms with Gasteiger partial charge in [-0.2, -0.15) is 5.26 Å². The molecule has 0 fully saturated rings. The molecule has 0 saturated heterocycles. The number of carbonyl (C=O) groups excluding carboxylic acids is 3. The van der Waals surface area contributed by atoms with Gasteiger partial charge in [-0.15, -0.1) is 0 Å². The Morgan fingerprint density at radius 2 is 2.00 bits per heavy atom. The molecule has 9 nitrogen and oxygen atoms in total. The zero-order valence-corrected chi connectivity index (χ0v) is 15.9. The molecule has 1 atom stereocenters. The third-order valence-corrected chi connectivity index (χ3v) is 3.87. The van der Waals surface area contributed by atoms with Crippen LogP contribution in [0, 0.1) is 18.3 Å². The van der Waals surface area contributed by atoms with Crippen LogP contribution in [0.3, 0.4) is 0 Å². The fraction of sp³-hybridized carbons (Fsp3) is 0.368. The summed E-state index contributed by atoms with van der Waals surface area (Å²) in [5, 5.41) is 14.5. The predicted octanol–water partition coefficient (Wildman–Crippen LogP) is 1.44. The summed E-state index contributed by atoms with van der Waals surface area (Å²) >= 11 is 0. The molecule has 28 heavy (non-hydrogen) atoms. The monoisotopic (exact) mass is 386 g/mol. The van der Waals surface area contributed by atoms with Crippen molar-refractivity contribution in [1.82, 2.24) is 15.2 Å². The molecule has 2 rings (SSSR count). The molecule has 148 valence electrons. The Balaban J connectivity index is 2.01. The summed E-state index contributed by atoms with van der Waals surface area (Å²) < 4.78 is 12.1. The second-order valence-corrected chi connectivity index (χ2v) is 6.07. The van der Waals surface area contributed by atoms with E-state index < -0.39 is 24.5 Å². The van der Waals surface area contributed by atoms with Gasteiger partial charge in [-0.3, -0.25) is 14.2 Å². The van der Waals surface area contributed by atoms with E-state index >= 15 is 0 Å². The van der Waals surface area contributed by atoms with Gasteiger partial charge in [0, 0.05) is 18.9 Å². The van der Waals surface area contributed by atoms with Gasteiger partial charge >= 0.3 is 5.97 Å². The van der Waals surface area contributed by atoms with Crippen molar-refractivity contribution in [1.29, 1.82) is 5.26 Å². The molecule has 2 aromatic rings. The maximum atomic E-state index is 12.4.